The zero-order valence-corrected chi connectivity index (χ0v) is 22.1. The fraction of sp³-hybridized carbons (Fsp3) is 0.172. The van der Waals surface area contributed by atoms with Gasteiger partial charge in [0.1, 0.15) is 27.4 Å². The molecule has 1 fully saturated rings. The average molecular weight is 556 g/mol. The number of para-hydroxylation sites is 1. The number of nitrogens with one attached hydrogen (secondary N) is 2. The molecular formula is C29H25N5O5S. The van der Waals surface area contributed by atoms with Gasteiger partial charge in [-0.2, -0.15) is 0 Å². The molecule has 4 amide bonds. The number of rotatable bonds is 6. The maximum absolute atomic E-state index is 13.4. The number of piperidine rings is 1. The minimum Gasteiger partial charge on any atom is -0.457 e. The Balaban J connectivity index is 1.24. The van der Waals surface area contributed by atoms with E-state index in [0.29, 0.717) is 56.6 Å². The van der Waals surface area contributed by atoms with E-state index in [1.807, 2.05) is 30.3 Å². The Kier molecular flexibility index (Phi) is 6.66. The quantitative estimate of drug-likeness (QED) is 0.288. The van der Waals surface area contributed by atoms with Crippen molar-refractivity contribution in [3.63, 3.8) is 0 Å². The number of aliphatic hydroxyl groups excluding tert-OH is 1. The van der Waals surface area contributed by atoms with Crippen molar-refractivity contribution in [3.8, 4) is 11.5 Å². The van der Waals surface area contributed by atoms with E-state index in [1.54, 1.807) is 41.4 Å². The molecule has 6 rings (SSSR count). The van der Waals surface area contributed by atoms with Gasteiger partial charge in [0.05, 0.1) is 22.4 Å². The summed E-state index contributed by atoms with van der Waals surface area (Å²) < 4.78 is 5.87. The summed E-state index contributed by atoms with van der Waals surface area (Å²) in [5.74, 6) is 0.615. The molecule has 0 radical (unpaired) electrons. The number of anilines is 3. The number of hydrogen-bond acceptors (Lipinski definition) is 7. The van der Waals surface area contributed by atoms with Crippen LogP contribution in [0.2, 0.25) is 0 Å². The summed E-state index contributed by atoms with van der Waals surface area (Å²) >= 11 is 1.19. The van der Waals surface area contributed by atoms with Gasteiger partial charge >= 0.3 is 6.03 Å². The summed E-state index contributed by atoms with van der Waals surface area (Å²) in [6.07, 6.45) is 2.43. The lowest BCUT2D eigenvalue weighted by atomic mass is 10.0. The normalized spacial score (nSPS) is 18.3. The summed E-state index contributed by atoms with van der Waals surface area (Å²) in [6.45, 7) is 3.75. The number of aliphatic hydroxyl groups is 1. The van der Waals surface area contributed by atoms with E-state index in [0.717, 1.165) is 6.08 Å². The van der Waals surface area contributed by atoms with Gasteiger partial charge in [0, 0.05) is 25.2 Å². The van der Waals surface area contributed by atoms with Gasteiger partial charge < -0.3 is 25.4 Å². The summed E-state index contributed by atoms with van der Waals surface area (Å²) in [4.78, 5) is 46.9. The van der Waals surface area contributed by atoms with Crippen LogP contribution < -0.4 is 20.3 Å². The molecule has 2 aliphatic rings. The van der Waals surface area contributed by atoms with Crippen molar-refractivity contribution in [3.05, 3.63) is 84.4 Å². The molecule has 2 aromatic heterocycles. The van der Waals surface area contributed by atoms with Crippen LogP contribution >= 0.6 is 11.3 Å². The third kappa shape index (κ3) is 4.65. The first kappa shape index (κ1) is 25.5. The monoisotopic (exact) mass is 555 g/mol. The lowest BCUT2D eigenvalue weighted by Crippen LogP contribution is -2.51. The van der Waals surface area contributed by atoms with Crippen molar-refractivity contribution >= 4 is 56.5 Å². The number of hydrogen-bond donors (Lipinski definition) is 3. The molecule has 40 heavy (non-hydrogen) atoms. The van der Waals surface area contributed by atoms with Gasteiger partial charge in [-0.15, -0.1) is 11.3 Å². The fourth-order valence-corrected chi connectivity index (χ4v) is 6.01. The Labute approximate surface area is 233 Å². The number of urea groups is 1. The Hall–Kier alpha value is -4.74. The molecule has 2 atom stereocenters. The van der Waals surface area contributed by atoms with Crippen molar-refractivity contribution in [1.29, 1.82) is 0 Å². The molecule has 202 valence electrons. The molecule has 0 saturated carbocycles. The molecule has 0 bridgehead atoms. The maximum Gasteiger partial charge on any atom is 0.331 e. The predicted octanol–water partition coefficient (Wildman–Crippen LogP) is 5.00. The van der Waals surface area contributed by atoms with Gasteiger partial charge in [-0.25, -0.2) is 9.78 Å². The molecule has 0 spiro atoms. The second-order valence-corrected chi connectivity index (χ2v) is 10.4. The Morgan fingerprint density at radius 2 is 1.88 bits per heavy atom. The molecule has 11 heteroatoms. The van der Waals surface area contributed by atoms with Crippen molar-refractivity contribution in [1.82, 2.24) is 15.2 Å². The zero-order valence-electron chi connectivity index (χ0n) is 21.2. The highest BCUT2D eigenvalue weighted by molar-refractivity contribution is 7.21. The molecule has 1 saturated heterocycles. The maximum atomic E-state index is 13.4. The number of carbonyl (C=O) groups is 3. The first-order valence-corrected chi connectivity index (χ1v) is 13.5. The highest BCUT2D eigenvalue weighted by atomic mass is 32.1. The van der Waals surface area contributed by atoms with Crippen molar-refractivity contribution < 1.29 is 24.2 Å². The highest BCUT2D eigenvalue weighted by Gasteiger charge is 2.35. The number of carbonyl (C=O) groups excluding carboxylic acids is 3. The van der Waals surface area contributed by atoms with Crippen LogP contribution in [0.25, 0.3) is 10.2 Å². The minimum absolute atomic E-state index is 0.194. The molecule has 10 nitrogen and oxygen atoms in total. The average Bonchev–Trinajstić information content (AvgIpc) is 3.33. The van der Waals surface area contributed by atoms with Crippen LogP contribution in [-0.4, -0.2) is 51.7 Å². The third-order valence-electron chi connectivity index (χ3n) is 6.89. The van der Waals surface area contributed by atoms with Gasteiger partial charge in [-0.1, -0.05) is 24.8 Å². The second-order valence-electron chi connectivity index (χ2n) is 9.40. The Morgan fingerprint density at radius 3 is 2.60 bits per heavy atom. The van der Waals surface area contributed by atoms with Crippen LogP contribution in [0.1, 0.15) is 22.5 Å². The Morgan fingerprint density at radius 1 is 1.12 bits per heavy atom. The van der Waals surface area contributed by atoms with Crippen LogP contribution in [0.15, 0.2) is 79.5 Å². The molecule has 4 heterocycles. The summed E-state index contributed by atoms with van der Waals surface area (Å²) in [6, 6.07) is 17.6. The van der Waals surface area contributed by atoms with E-state index in [1.165, 1.54) is 16.2 Å². The molecule has 0 aliphatic carbocycles. The molecule has 3 N–H and O–H groups in total. The topological polar surface area (TPSA) is 124 Å². The van der Waals surface area contributed by atoms with Crippen LogP contribution in [-0.2, 0) is 4.79 Å². The van der Waals surface area contributed by atoms with Crippen LogP contribution in [0.4, 0.5) is 21.9 Å². The molecule has 4 aromatic rings. The lowest BCUT2D eigenvalue weighted by molar-refractivity contribution is -0.139. The highest BCUT2D eigenvalue weighted by Crippen LogP contribution is 2.46. The van der Waals surface area contributed by atoms with E-state index in [4.69, 9.17) is 4.74 Å². The van der Waals surface area contributed by atoms with Gasteiger partial charge in [0.25, 0.3) is 5.91 Å². The van der Waals surface area contributed by atoms with E-state index in [9.17, 15) is 19.5 Å². The molecule has 2 aliphatic heterocycles. The fourth-order valence-electron chi connectivity index (χ4n) is 4.99. The number of aromatic nitrogens is 1. The number of thiophene rings is 1. The van der Waals surface area contributed by atoms with Gasteiger partial charge in [0.15, 0.2) is 0 Å². The number of benzene rings is 2. The van der Waals surface area contributed by atoms with Crippen molar-refractivity contribution in [2.75, 3.05) is 16.8 Å². The van der Waals surface area contributed by atoms with E-state index in [2.05, 4.69) is 22.2 Å². The number of likely N-dealkylation sites (tertiary alicyclic amines) is 1. The van der Waals surface area contributed by atoms with E-state index >= 15 is 0 Å². The third-order valence-corrected chi connectivity index (χ3v) is 7.99. The summed E-state index contributed by atoms with van der Waals surface area (Å²) in [5.41, 5.74) is 1.65. The lowest BCUT2D eigenvalue weighted by Gasteiger charge is -2.36. The summed E-state index contributed by atoms with van der Waals surface area (Å²) in [5, 5.41) is 16.9. The van der Waals surface area contributed by atoms with Gasteiger partial charge in [0.2, 0.25) is 5.91 Å². The summed E-state index contributed by atoms with van der Waals surface area (Å²) in [7, 11) is 0. The first-order valence-electron chi connectivity index (χ1n) is 12.7. The second kappa shape index (κ2) is 10.4. The zero-order chi connectivity index (χ0) is 27.8. The van der Waals surface area contributed by atoms with Crippen LogP contribution in [0.3, 0.4) is 0 Å². The Bertz CT molecular complexity index is 1620. The van der Waals surface area contributed by atoms with Crippen molar-refractivity contribution in [2.45, 2.75) is 25.1 Å². The van der Waals surface area contributed by atoms with E-state index < -0.39 is 12.3 Å². The SMILES string of the molecule is C=CC(=O)N1CC[C@@H](NC(=O)c2sc3nccc4c3c2NC(=O)N4c2ccc(Oc3ccccc3)cc2)CC1O. The predicted molar refractivity (Wildman–Crippen MR) is 152 cm³/mol. The van der Waals surface area contributed by atoms with Gasteiger partial charge in [-0.05, 0) is 55.0 Å². The molecular weight excluding hydrogens is 530 g/mol. The van der Waals surface area contributed by atoms with Gasteiger partial charge in [-0.3, -0.25) is 14.5 Å². The number of nitrogens with zero attached hydrogens (tertiary/aromatic N) is 3. The molecule has 2 aromatic carbocycles. The smallest absolute Gasteiger partial charge is 0.331 e. The van der Waals surface area contributed by atoms with Crippen molar-refractivity contribution in [2.24, 2.45) is 0 Å². The first-order chi connectivity index (χ1) is 19.4. The number of ether oxygens (including phenoxy) is 1. The largest absolute Gasteiger partial charge is 0.457 e. The van der Waals surface area contributed by atoms with Crippen LogP contribution in [0.5, 0.6) is 11.5 Å². The van der Waals surface area contributed by atoms with Crippen LogP contribution in [0, 0.1) is 0 Å². The standard InChI is InChI=1S/C29H25N5O5S/c1-2-22(35)33-15-13-17(16-23(33)36)31-27(37)26-25-24-21(12-14-30-28(24)40-26)34(29(38)32-25)18-8-10-20(11-9-18)39-19-6-4-3-5-7-19/h2-12,14,17,23,36H,1,13,15-16H2,(H,31,37)(H,32,38)/t17-,23?/m1/s1. The minimum atomic E-state index is -1.02. The number of pyridine rings is 1. The van der Waals surface area contributed by atoms with E-state index in [-0.39, 0.29) is 24.3 Å². The number of amides is 4. The molecule has 1 unspecified atom stereocenters.